The highest BCUT2D eigenvalue weighted by Gasteiger charge is 2.33. The Hall–Kier alpha value is -1.16. The number of benzene rings is 2. The second-order valence-electron chi connectivity index (χ2n) is 5.34. The molecule has 9 heteroatoms. The minimum Gasteiger partial charge on any atom is -0.506 e. The summed E-state index contributed by atoms with van der Waals surface area (Å²) in [6.45, 7) is -0.0516. The Morgan fingerprint density at radius 2 is 1.35 bits per heavy atom. The van der Waals surface area contributed by atoms with Gasteiger partial charge in [0.2, 0.25) is 5.78 Å². The van der Waals surface area contributed by atoms with E-state index in [0.29, 0.717) is 29.0 Å². The molecule has 0 aromatic heterocycles. The number of cyclic esters (lactones) is 1. The summed E-state index contributed by atoms with van der Waals surface area (Å²) in [5.74, 6) is -1.27. The monoisotopic (exact) mass is 608 g/mol. The van der Waals surface area contributed by atoms with Crippen molar-refractivity contribution in [2.24, 2.45) is 0 Å². The topological polar surface area (TPSA) is 83.8 Å². The average Bonchev–Trinajstić information content (AvgIpc) is 2.97. The summed E-state index contributed by atoms with van der Waals surface area (Å²) in [6.07, 6.45) is 0. The molecule has 3 rings (SSSR count). The number of aromatic hydroxyl groups is 2. The standard InChI is InChI=1S/C17H8Br4O5/c18-9-1-6(2-10(19)15(9)23)8-5-26-17(25)13(8)14(22)7-3-11(20)16(24)12(21)4-7/h1-4,23-24H,5H2. The molecule has 0 unspecified atom stereocenters. The first-order valence-corrected chi connectivity index (χ1v) is 10.2. The van der Waals surface area contributed by atoms with Crippen molar-refractivity contribution < 1.29 is 24.5 Å². The highest BCUT2D eigenvalue weighted by molar-refractivity contribution is 9.11. The Labute approximate surface area is 181 Å². The third-order valence-corrected chi connectivity index (χ3v) is 6.14. The number of Topliss-reactive ketones (excluding diaryl/α,β-unsaturated/α-hetero) is 1. The van der Waals surface area contributed by atoms with E-state index in [-0.39, 0.29) is 29.2 Å². The van der Waals surface area contributed by atoms with Gasteiger partial charge in [0.25, 0.3) is 0 Å². The number of hydrogen-bond donors (Lipinski definition) is 2. The van der Waals surface area contributed by atoms with Crippen LogP contribution in [0.4, 0.5) is 0 Å². The summed E-state index contributed by atoms with van der Waals surface area (Å²) >= 11 is 12.8. The quantitative estimate of drug-likeness (QED) is 0.278. The molecule has 1 heterocycles. The third-order valence-electron chi connectivity index (χ3n) is 3.73. The van der Waals surface area contributed by atoms with Crippen LogP contribution < -0.4 is 0 Å². The molecule has 2 aromatic carbocycles. The number of ketones is 1. The van der Waals surface area contributed by atoms with Crippen LogP contribution in [-0.2, 0) is 9.53 Å². The first-order valence-electron chi connectivity index (χ1n) is 7.02. The summed E-state index contributed by atoms with van der Waals surface area (Å²) in [6, 6.07) is 6.07. The summed E-state index contributed by atoms with van der Waals surface area (Å²) in [4.78, 5) is 25.1. The molecule has 0 saturated carbocycles. The van der Waals surface area contributed by atoms with Gasteiger partial charge in [-0.1, -0.05) is 0 Å². The van der Waals surface area contributed by atoms with Gasteiger partial charge in [0.05, 0.1) is 17.9 Å². The van der Waals surface area contributed by atoms with Crippen molar-refractivity contribution >= 4 is 81.0 Å². The molecule has 5 nitrogen and oxygen atoms in total. The van der Waals surface area contributed by atoms with E-state index in [1.807, 2.05) is 0 Å². The fourth-order valence-electron chi connectivity index (χ4n) is 2.44. The molecule has 0 amide bonds. The van der Waals surface area contributed by atoms with E-state index in [0.717, 1.165) is 0 Å². The average molecular weight is 612 g/mol. The first-order chi connectivity index (χ1) is 12.2. The molecule has 1 aliphatic heterocycles. The van der Waals surface area contributed by atoms with Gasteiger partial charge in [0.1, 0.15) is 23.7 Å². The zero-order valence-electron chi connectivity index (χ0n) is 12.6. The maximum atomic E-state index is 12.9. The number of esters is 1. The molecule has 0 radical (unpaired) electrons. The maximum Gasteiger partial charge on any atom is 0.342 e. The van der Waals surface area contributed by atoms with Crippen LogP contribution in [0.15, 0.2) is 47.7 Å². The van der Waals surface area contributed by atoms with Gasteiger partial charge in [0.15, 0.2) is 0 Å². The van der Waals surface area contributed by atoms with Gasteiger partial charge < -0.3 is 14.9 Å². The molecule has 0 saturated heterocycles. The van der Waals surface area contributed by atoms with Gasteiger partial charge in [-0.05, 0) is 93.5 Å². The maximum absolute atomic E-state index is 12.9. The van der Waals surface area contributed by atoms with Crippen LogP contribution in [0, 0.1) is 0 Å². The Bertz CT molecular complexity index is 951. The van der Waals surface area contributed by atoms with Crippen molar-refractivity contribution in [1.82, 2.24) is 0 Å². The molecular formula is C17H8Br4O5. The second kappa shape index (κ2) is 7.46. The van der Waals surface area contributed by atoms with Crippen LogP contribution in [0.3, 0.4) is 0 Å². The highest BCUT2D eigenvalue weighted by Crippen LogP contribution is 2.39. The van der Waals surface area contributed by atoms with Crippen molar-refractivity contribution in [2.45, 2.75) is 0 Å². The predicted molar refractivity (Wildman–Crippen MR) is 109 cm³/mol. The van der Waals surface area contributed by atoms with Gasteiger partial charge in [0, 0.05) is 11.1 Å². The molecule has 2 aromatic rings. The third kappa shape index (κ3) is 3.49. The van der Waals surface area contributed by atoms with Crippen LogP contribution >= 0.6 is 63.7 Å². The number of phenolic OH excluding ortho intramolecular Hbond substituents is 2. The molecule has 2 N–H and O–H groups in total. The number of carbonyl (C=O) groups excluding carboxylic acids is 2. The predicted octanol–water partition coefficient (Wildman–Crippen LogP) is 5.34. The Balaban J connectivity index is 2.15. The number of ether oxygens (including phenoxy) is 1. The molecule has 0 spiro atoms. The lowest BCUT2D eigenvalue weighted by Gasteiger charge is -2.08. The Kier molecular flexibility index (Phi) is 5.62. The first kappa shape index (κ1) is 19.6. The number of halogens is 4. The van der Waals surface area contributed by atoms with Crippen LogP contribution in [0.2, 0.25) is 0 Å². The minimum absolute atomic E-state index is 0.0128. The van der Waals surface area contributed by atoms with E-state index in [1.54, 1.807) is 12.1 Å². The highest BCUT2D eigenvalue weighted by atomic mass is 79.9. The van der Waals surface area contributed by atoms with Crippen LogP contribution in [0.1, 0.15) is 15.9 Å². The van der Waals surface area contributed by atoms with E-state index in [4.69, 9.17) is 4.74 Å². The van der Waals surface area contributed by atoms with E-state index in [2.05, 4.69) is 63.7 Å². The van der Waals surface area contributed by atoms with Gasteiger partial charge >= 0.3 is 5.97 Å². The smallest absolute Gasteiger partial charge is 0.342 e. The molecule has 0 fully saturated rings. The SMILES string of the molecule is O=C1OCC(c2cc(Br)c(O)c(Br)c2)=C1C(=O)c1cc(Br)c(O)c(Br)c1. The van der Waals surface area contributed by atoms with Gasteiger partial charge in [-0.15, -0.1) is 0 Å². The Morgan fingerprint density at radius 3 is 1.85 bits per heavy atom. The zero-order valence-corrected chi connectivity index (χ0v) is 19.0. The van der Waals surface area contributed by atoms with Crippen LogP contribution in [0.5, 0.6) is 11.5 Å². The number of hydrogen-bond acceptors (Lipinski definition) is 5. The van der Waals surface area contributed by atoms with Crippen molar-refractivity contribution in [1.29, 1.82) is 0 Å². The molecule has 1 aliphatic rings. The van der Waals surface area contributed by atoms with Crippen molar-refractivity contribution in [3.05, 3.63) is 58.9 Å². The normalized spacial score (nSPS) is 13.9. The number of rotatable bonds is 3. The minimum atomic E-state index is -0.717. The van der Waals surface area contributed by atoms with E-state index in [1.165, 1.54) is 12.1 Å². The van der Waals surface area contributed by atoms with Crippen LogP contribution in [0.25, 0.3) is 5.57 Å². The summed E-state index contributed by atoms with van der Waals surface area (Å²) in [7, 11) is 0. The fourth-order valence-corrected chi connectivity index (χ4v) is 4.82. The molecule has 134 valence electrons. The van der Waals surface area contributed by atoms with Crippen molar-refractivity contribution in [2.75, 3.05) is 6.61 Å². The van der Waals surface area contributed by atoms with Crippen molar-refractivity contribution in [3.63, 3.8) is 0 Å². The zero-order chi connectivity index (χ0) is 19.2. The van der Waals surface area contributed by atoms with Crippen LogP contribution in [-0.4, -0.2) is 28.6 Å². The second-order valence-corrected chi connectivity index (χ2v) is 8.75. The molecule has 0 aliphatic carbocycles. The summed E-state index contributed by atoms with van der Waals surface area (Å²) in [5, 5.41) is 19.7. The van der Waals surface area contributed by atoms with E-state index < -0.39 is 11.8 Å². The molecule has 0 bridgehead atoms. The lowest BCUT2D eigenvalue weighted by molar-refractivity contribution is -0.135. The summed E-state index contributed by atoms with van der Waals surface area (Å²) < 4.78 is 6.53. The summed E-state index contributed by atoms with van der Waals surface area (Å²) in [5.41, 5.74) is 1.11. The Morgan fingerprint density at radius 1 is 0.885 bits per heavy atom. The number of phenols is 2. The van der Waals surface area contributed by atoms with Gasteiger partial charge in [-0.2, -0.15) is 0 Å². The van der Waals surface area contributed by atoms with Crippen molar-refractivity contribution in [3.8, 4) is 11.5 Å². The molecule has 0 atom stereocenters. The fraction of sp³-hybridized carbons (Fsp3) is 0.0588. The lowest BCUT2D eigenvalue weighted by atomic mass is 9.95. The van der Waals surface area contributed by atoms with Gasteiger partial charge in [-0.25, -0.2) is 4.79 Å². The lowest BCUT2D eigenvalue weighted by Crippen LogP contribution is -2.11. The van der Waals surface area contributed by atoms with Gasteiger partial charge in [-0.3, -0.25) is 4.79 Å². The van der Waals surface area contributed by atoms with E-state index >= 15 is 0 Å². The molecule has 26 heavy (non-hydrogen) atoms. The molecular weight excluding hydrogens is 604 g/mol. The number of carbonyl (C=O) groups is 2. The van der Waals surface area contributed by atoms with E-state index in [9.17, 15) is 19.8 Å². The largest absolute Gasteiger partial charge is 0.506 e.